The number of hydrazine groups is 1. The molecule has 0 saturated carbocycles. The first kappa shape index (κ1) is 18.8. The van der Waals surface area contributed by atoms with Crippen molar-refractivity contribution < 1.29 is 9.53 Å². The molecule has 1 aromatic heterocycles. The van der Waals surface area contributed by atoms with Crippen LogP contribution in [0.4, 0.5) is 5.13 Å². The molecule has 2 aromatic carbocycles. The van der Waals surface area contributed by atoms with Gasteiger partial charge < -0.3 is 4.74 Å². The molecule has 5 nitrogen and oxygen atoms in total. The zero-order valence-corrected chi connectivity index (χ0v) is 16.7. The molecular weight excluding hydrogens is 390 g/mol. The Morgan fingerprint density at radius 1 is 1.27 bits per heavy atom. The first-order chi connectivity index (χ1) is 12.6. The SMILES string of the molecule is COc1ccc(Cl)c2sc(NNC(=O)CCSc3ccc(C)cc3)nc12. The maximum atomic E-state index is 12.0. The molecule has 3 aromatic rings. The number of benzene rings is 2. The third-order valence-corrected chi connectivity index (χ3v) is 6.05. The monoisotopic (exact) mass is 407 g/mol. The van der Waals surface area contributed by atoms with Crippen LogP contribution in [-0.4, -0.2) is 23.8 Å². The zero-order valence-electron chi connectivity index (χ0n) is 14.3. The van der Waals surface area contributed by atoms with Crippen molar-refractivity contribution in [1.29, 1.82) is 0 Å². The highest BCUT2D eigenvalue weighted by Crippen LogP contribution is 2.37. The molecule has 0 fully saturated rings. The largest absolute Gasteiger partial charge is 0.494 e. The molecule has 0 aliphatic carbocycles. The van der Waals surface area contributed by atoms with E-state index in [2.05, 4.69) is 47.0 Å². The van der Waals surface area contributed by atoms with E-state index in [1.165, 1.54) is 16.9 Å². The van der Waals surface area contributed by atoms with Gasteiger partial charge in [-0.1, -0.05) is 40.6 Å². The van der Waals surface area contributed by atoms with Crippen LogP contribution >= 0.6 is 34.7 Å². The number of methoxy groups -OCH3 is 1. The summed E-state index contributed by atoms with van der Waals surface area (Å²) in [6.07, 6.45) is 0.403. The summed E-state index contributed by atoms with van der Waals surface area (Å²) in [6, 6.07) is 11.8. The minimum atomic E-state index is -0.0954. The number of thioether (sulfide) groups is 1. The number of carbonyl (C=O) groups is 1. The molecular formula is C18H18ClN3O2S2. The van der Waals surface area contributed by atoms with Crippen LogP contribution in [0.5, 0.6) is 5.75 Å². The van der Waals surface area contributed by atoms with Gasteiger partial charge in [-0.25, -0.2) is 4.98 Å². The summed E-state index contributed by atoms with van der Waals surface area (Å²) in [6.45, 7) is 2.05. The lowest BCUT2D eigenvalue weighted by Gasteiger charge is -2.05. The number of aryl methyl sites for hydroxylation is 1. The van der Waals surface area contributed by atoms with Gasteiger partial charge in [0.1, 0.15) is 11.3 Å². The summed E-state index contributed by atoms with van der Waals surface area (Å²) in [5.41, 5.74) is 7.43. The average Bonchev–Trinajstić information content (AvgIpc) is 3.07. The Morgan fingerprint density at radius 2 is 2.04 bits per heavy atom. The molecule has 3 rings (SSSR count). The van der Waals surface area contributed by atoms with E-state index in [4.69, 9.17) is 16.3 Å². The number of fused-ring (bicyclic) bond motifs is 1. The Kier molecular flexibility index (Phi) is 6.24. The Bertz CT molecular complexity index is 913. The van der Waals surface area contributed by atoms with E-state index in [1.807, 2.05) is 0 Å². The first-order valence-corrected chi connectivity index (χ1v) is 10.1. The smallest absolute Gasteiger partial charge is 0.239 e. The Balaban J connectivity index is 1.52. The lowest BCUT2D eigenvalue weighted by molar-refractivity contribution is -0.120. The van der Waals surface area contributed by atoms with Gasteiger partial charge in [0.05, 0.1) is 16.8 Å². The van der Waals surface area contributed by atoms with Crippen molar-refractivity contribution in [3.05, 3.63) is 47.0 Å². The van der Waals surface area contributed by atoms with Gasteiger partial charge in [0.25, 0.3) is 0 Å². The molecule has 26 heavy (non-hydrogen) atoms. The average molecular weight is 408 g/mol. The summed E-state index contributed by atoms with van der Waals surface area (Å²) in [4.78, 5) is 17.6. The van der Waals surface area contributed by atoms with Crippen molar-refractivity contribution in [3.8, 4) is 5.75 Å². The van der Waals surface area contributed by atoms with Crippen LogP contribution in [0.3, 0.4) is 0 Å². The molecule has 2 N–H and O–H groups in total. The summed E-state index contributed by atoms with van der Waals surface area (Å²) in [5.74, 6) is 1.26. The minimum absolute atomic E-state index is 0.0954. The number of aromatic nitrogens is 1. The normalized spacial score (nSPS) is 10.7. The van der Waals surface area contributed by atoms with E-state index >= 15 is 0 Å². The summed E-state index contributed by atoms with van der Waals surface area (Å²) < 4.78 is 6.11. The van der Waals surface area contributed by atoms with Crippen LogP contribution in [-0.2, 0) is 4.79 Å². The lowest BCUT2D eigenvalue weighted by Crippen LogP contribution is -2.29. The number of anilines is 1. The standard InChI is InChI=1S/C18H18ClN3O2S2/c1-11-3-5-12(6-4-11)25-10-9-15(23)21-22-18-20-16-14(24-2)8-7-13(19)17(16)26-18/h3-8H,9-10H2,1-2H3,(H,20,22)(H,21,23). The van der Waals surface area contributed by atoms with Gasteiger partial charge in [-0.3, -0.25) is 15.6 Å². The highest BCUT2D eigenvalue weighted by molar-refractivity contribution is 7.99. The fraction of sp³-hybridized carbons (Fsp3) is 0.222. The van der Waals surface area contributed by atoms with Crippen molar-refractivity contribution in [2.45, 2.75) is 18.2 Å². The van der Waals surface area contributed by atoms with Gasteiger partial charge in [-0.05, 0) is 31.2 Å². The maximum Gasteiger partial charge on any atom is 0.239 e. The van der Waals surface area contributed by atoms with Crippen molar-refractivity contribution in [2.75, 3.05) is 18.3 Å². The molecule has 0 saturated heterocycles. The highest BCUT2D eigenvalue weighted by Gasteiger charge is 2.12. The number of nitrogens with one attached hydrogen (secondary N) is 2. The molecule has 0 unspecified atom stereocenters. The molecule has 0 radical (unpaired) electrons. The molecule has 1 heterocycles. The zero-order chi connectivity index (χ0) is 18.5. The van der Waals surface area contributed by atoms with Gasteiger partial charge in [-0.15, -0.1) is 11.8 Å². The third-order valence-electron chi connectivity index (χ3n) is 3.61. The summed E-state index contributed by atoms with van der Waals surface area (Å²) in [7, 11) is 1.59. The van der Waals surface area contributed by atoms with Crippen LogP contribution in [0.1, 0.15) is 12.0 Å². The summed E-state index contributed by atoms with van der Waals surface area (Å²) >= 11 is 9.21. The second-order valence-corrected chi connectivity index (χ2v) is 8.11. The quantitative estimate of drug-likeness (QED) is 0.431. The summed E-state index contributed by atoms with van der Waals surface area (Å²) in [5, 5.41) is 1.16. The van der Waals surface area contributed by atoms with Crippen molar-refractivity contribution in [3.63, 3.8) is 0 Å². The van der Waals surface area contributed by atoms with Crippen molar-refractivity contribution >= 4 is 56.0 Å². The molecule has 0 aliphatic rings. The number of thiazole rings is 1. The highest BCUT2D eigenvalue weighted by atomic mass is 35.5. The fourth-order valence-corrected chi connectivity index (χ4v) is 4.21. The molecule has 0 atom stereocenters. The third kappa shape index (κ3) is 4.60. The molecule has 0 spiro atoms. The Hall–Kier alpha value is -1.96. The molecule has 0 aliphatic heterocycles. The van der Waals surface area contributed by atoms with E-state index in [0.29, 0.717) is 33.6 Å². The van der Waals surface area contributed by atoms with E-state index < -0.39 is 0 Å². The predicted octanol–water partition coefficient (Wildman–Crippen LogP) is 4.89. The Labute approximate surface area is 165 Å². The topological polar surface area (TPSA) is 63.2 Å². The predicted molar refractivity (Wildman–Crippen MR) is 109 cm³/mol. The second kappa shape index (κ2) is 8.62. The number of halogens is 1. The number of hydrogen-bond donors (Lipinski definition) is 2. The van der Waals surface area contributed by atoms with Crippen LogP contribution in [0.2, 0.25) is 5.02 Å². The number of nitrogens with zero attached hydrogens (tertiary/aromatic N) is 1. The first-order valence-electron chi connectivity index (χ1n) is 7.94. The molecule has 136 valence electrons. The fourth-order valence-electron chi connectivity index (χ4n) is 2.25. The van der Waals surface area contributed by atoms with Gasteiger partial charge in [-0.2, -0.15) is 0 Å². The lowest BCUT2D eigenvalue weighted by atomic mass is 10.2. The second-order valence-electron chi connectivity index (χ2n) is 5.53. The van der Waals surface area contributed by atoms with Crippen LogP contribution < -0.4 is 15.6 Å². The van der Waals surface area contributed by atoms with Gasteiger partial charge in [0, 0.05) is 17.1 Å². The molecule has 8 heteroatoms. The number of carbonyl (C=O) groups excluding carboxylic acids is 1. The molecule has 1 amide bonds. The minimum Gasteiger partial charge on any atom is -0.494 e. The van der Waals surface area contributed by atoms with E-state index in [1.54, 1.807) is 31.0 Å². The number of rotatable bonds is 7. The van der Waals surface area contributed by atoms with Gasteiger partial charge in [0.2, 0.25) is 11.0 Å². The molecule has 0 bridgehead atoms. The van der Waals surface area contributed by atoms with Gasteiger partial charge in [0.15, 0.2) is 0 Å². The van der Waals surface area contributed by atoms with Crippen molar-refractivity contribution in [1.82, 2.24) is 10.4 Å². The maximum absolute atomic E-state index is 12.0. The number of ether oxygens (including phenoxy) is 1. The van der Waals surface area contributed by atoms with Gasteiger partial charge >= 0.3 is 0 Å². The van der Waals surface area contributed by atoms with E-state index in [-0.39, 0.29) is 5.91 Å². The van der Waals surface area contributed by atoms with E-state index in [0.717, 1.165) is 9.60 Å². The van der Waals surface area contributed by atoms with Crippen LogP contribution in [0.25, 0.3) is 10.2 Å². The Morgan fingerprint density at radius 3 is 2.77 bits per heavy atom. The number of hydrogen-bond acceptors (Lipinski definition) is 6. The van der Waals surface area contributed by atoms with E-state index in [9.17, 15) is 4.79 Å². The number of amides is 1. The van der Waals surface area contributed by atoms with Crippen LogP contribution in [0.15, 0.2) is 41.3 Å². The van der Waals surface area contributed by atoms with Crippen LogP contribution in [0, 0.1) is 6.92 Å². The van der Waals surface area contributed by atoms with Crippen molar-refractivity contribution in [2.24, 2.45) is 0 Å².